The Morgan fingerprint density at radius 3 is 1.16 bits per heavy atom. The largest absolute Gasteiger partial charge is 0.301 e. The fourth-order valence-corrected chi connectivity index (χ4v) is 2.45. The number of hydrogen-bond donors (Lipinski definition) is 3. The molecule has 0 aliphatic rings. The van der Waals surface area contributed by atoms with Crippen molar-refractivity contribution in [3.63, 3.8) is 0 Å². The molecule has 0 spiro atoms. The standard InChI is InChI=1S/C16H37N3/c1-2-3-4-5-6-7-8-9-10-11-12-13-14-15-16(17,18)19/h2-15,17-19H2,1H3. The van der Waals surface area contributed by atoms with Crippen molar-refractivity contribution in [1.82, 2.24) is 0 Å². The van der Waals surface area contributed by atoms with Gasteiger partial charge in [0.15, 0.2) is 0 Å². The van der Waals surface area contributed by atoms with E-state index in [2.05, 4.69) is 6.92 Å². The van der Waals surface area contributed by atoms with Gasteiger partial charge in [0.1, 0.15) is 5.79 Å². The Morgan fingerprint density at radius 2 is 0.842 bits per heavy atom. The minimum Gasteiger partial charge on any atom is -0.301 e. The van der Waals surface area contributed by atoms with E-state index in [1.807, 2.05) is 0 Å². The molecule has 0 aliphatic heterocycles. The van der Waals surface area contributed by atoms with Crippen LogP contribution in [0.2, 0.25) is 0 Å². The molecule has 0 bridgehead atoms. The highest BCUT2D eigenvalue weighted by molar-refractivity contribution is 4.66. The van der Waals surface area contributed by atoms with Crippen LogP contribution in [0.4, 0.5) is 0 Å². The molecule has 0 aromatic carbocycles. The first-order valence-corrected chi connectivity index (χ1v) is 8.43. The second-order valence-corrected chi connectivity index (χ2v) is 6.11. The van der Waals surface area contributed by atoms with Gasteiger partial charge in [-0.15, -0.1) is 0 Å². The van der Waals surface area contributed by atoms with Crippen LogP contribution in [0.5, 0.6) is 0 Å². The fourth-order valence-electron chi connectivity index (χ4n) is 2.45. The first-order valence-electron chi connectivity index (χ1n) is 8.43. The van der Waals surface area contributed by atoms with E-state index in [-0.39, 0.29) is 0 Å². The van der Waals surface area contributed by atoms with Crippen LogP contribution >= 0.6 is 0 Å². The Balaban J connectivity index is 2.99. The maximum absolute atomic E-state index is 5.53. The molecule has 0 saturated heterocycles. The fraction of sp³-hybridized carbons (Fsp3) is 1.00. The van der Waals surface area contributed by atoms with Gasteiger partial charge in [-0.05, 0) is 12.8 Å². The highest BCUT2D eigenvalue weighted by Gasteiger charge is 2.09. The number of unbranched alkanes of at least 4 members (excludes halogenated alkanes) is 12. The molecule has 0 heterocycles. The molecule has 0 aromatic rings. The molecule has 0 fully saturated rings. The summed E-state index contributed by atoms with van der Waals surface area (Å²) in [6.45, 7) is 2.27. The molecule has 0 atom stereocenters. The molecule has 6 N–H and O–H groups in total. The number of rotatable bonds is 14. The molecule has 3 heteroatoms. The van der Waals surface area contributed by atoms with Crippen LogP contribution in [0.15, 0.2) is 0 Å². The Morgan fingerprint density at radius 1 is 0.526 bits per heavy atom. The van der Waals surface area contributed by atoms with Gasteiger partial charge >= 0.3 is 0 Å². The third-order valence-electron chi connectivity index (χ3n) is 3.71. The highest BCUT2D eigenvalue weighted by atomic mass is 15.1. The van der Waals surface area contributed by atoms with Crippen molar-refractivity contribution in [2.75, 3.05) is 0 Å². The van der Waals surface area contributed by atoms with Gasteiger partial charge in [0.25, 0.3) is 0 Å². The van der Waals surface area contributed by atoms with Gasteiger partial charge in [0.05, 0.1) is 0 Å². The van der Waals surface area contributed by atoms with Gasteiger partial charge in [-0.25, -0.2) is 0 Å². The molecule has 0 rings (SSSR count). The summed E-state index contributed by atoms with van der Waals surface area (Å²) in [6.07, 6.45) is 18.3. The first kappa shape index (κ1) is 18.9. The average Bonchev–Trinajstić information content (AvgIpc) is 2.34. The highest BCUT2D eigenvalue weighted by Crippen LogP contribution is 2.13. The van der Waals surface area contributed by atoms with E-state index in [0.717, 1.165) is 12.8 Å². The van der Waals surface area contributed by atoms with Crippen molar-refractivity contribution in [1.29, 1.82) is 0 Å². The lowest BCUT2D eigenvalue weighted by atomic mass is 10.0. The normalized spacial score (nSPS) is 12.0. The van der Waals surface area contributed by atoms with Crippen LogP contribution in [0.1, 0.15) is 96.8 Å². The second kappa shape index (κ2) is 12.9. The van der Waals surface area contributed by atoms with Crippen molar-refractivity contribution in [2.24, 2.45) is 17.2 Å². The van der Waals surface area contributed by atoms with E-state index in [9.17, 15) is 0 Å². The lowest BCUT2D eigenvalue weighted by Crippen LogP contribution is -2.57. The van der Waals surface area contributed by atoms with Gasteiger partial charge in [0, 0.05) is 0 Å². The molecular weight excluding hydrogens is 234 g/mol. The van der Waals surface area contributed by atoms with E-state index in [4.69, 9.17) is 17.2 Å². The van der Waals surface area contributed by atoms with E-state index in [1.165, 1.54) is 77.0 Å². The third kappa shape index (κ3) is 17.9. The Labute approximate surface area is 120 Å². The molecule has 0 aliphatic carbocycles. The molecule has 0 aromatic heterocycles. The van der Waals surface area contributed by atoms with Gasteiger partial charge in [-0.1, -0.05) is 84.0 Å². The van der Waals surface area contributed by atoms with Crippen LogP contribution in [-0.2, 0) is 0 Å². The van der Waals surface area contributed by atoms with Gasteiger partial charge in [0.2, 0.25) is 0 Å². The molecule has 0 saturated carbocycles. The van der Waals surface area contributed by atoms with Crippen LogP contribution in [0, 0.1) is 0 Å². The quantitative estimate of drug-likeness (QED) is 0.330. The summed E-state index contributed by atoms with van der Waals surface area (Å²) in [5, 5.41) is 0. The lowest BCUT2D eigenvalue weighted by molar-refractivity contribution is 0.399. The van der Waals surface area contributed by atoms with Crippen molar-refractivity contribution >= 4 is 0 Å². The van der Waals surface area contributed by atoms with Crippen LogP contribution in [0.3, 0.4) is 0 Å². The van der Waals surface area contributed by atoms with Gasteiger partial charge in [-0.2, -0.15) is 0 Å². The van der Waals surface area contributed by atoms with Crippen LogP contribution < -0.4 is 17.2 Å². The van der Waals surface area contributed by atoms with Crippen molar-refractivity contribution in [3.8, 4) is 0 Å². The van der Waals surface area contributed by atoms with E-state index >= 15 is 0 Å². The molecule has 3 nitrogen and oxygen atoms in total. The summed E-state index contributed by atoms with van der Waals surface area (Å²) >= 11 is 0. The zero-order chi connectivity index (χ0) is 14.4. The summed E-state index contributed by atoms with van der Waals surface area (Å²) in [5.41, 5.74) is 16.6. The van der Waals surface area contributed by atoms with Crippen molar-refractivity contribution < 1.29 is 0 Å². The predicted molar refractivity (Wildman–Crippen MR) is 85.6 cm³/mol. The van der Waals surface area contributed by atoms with Crippen molar-refractivity contribution in [2.45, 2.75) is 103 Å². The second-order valence-electron chi connectivity index (χ2n) is 6.11. The summed E-state index contributed by atoms with van der Waals surface area (Å²) in [7, 11) is 0. The first-order chi connectivity index (χ1) is 9.06. The van der Waals surface area contributed by atoms with Crippen LogP contribution in [-0.4, -0.2) is 5.79 Å². The Bertz CT molecular complexity index is 175. The van der Waals surface area contributed by atoms with E-state index in [1.54, 1.807) is 0 Å². The molecular formula is C16H37N3. The summed E-state index contributed by atoms with van der Waals surface area (Å²) in [5.74, 6) is -0.961. The Hall–Kier alpha value is -0.120. The monoisotopic (exact) mass is 271 g/mol. The smallest absolute Gasteiger partial charge is 0.115 e. The van der Waals surface area contributed by atoms with Gasteiger partial charge in [-0.3, -0.25) is 0 Å². The summed E-state index contributed by atoms with van der Waals surface area (Å²) in [4.78, 5) is 0. The molecule has 0 amide bonds. The Kier molecular flexibility index (Phi) is 12.8. The predicted octanol–water partition coefficient (Wildman–Crippen LogP) is 4.00. The average molecular weight is 271 g/mol. The lowest BCUT2D eigenvalue weighted by Gasteiger charge is -2.17. The molecule has 0 radical (unpaired) electrons. The topological polar surface area (TPSA) is 78.1 Å². The number of hydrogen-bond acceptors (Lipinski definition) is 3. The summed E-state index contributed by atoms with van der Waals surface area (Å²) in [6, 6.07) is 0. The molecule has 0 unspecified atom stereocenters. The van der Waals surface area contributed by atoms with Crippen LogP contribution in [0.25, 0.3) is 0 Å². The zero-order valence-corrected chi connectivity index (χ0v) is 13.1. The maximum atomic E-state index is 5.53. The van der Waals surface area contributed by atoms with E-state index in [0.29, 0.717) is 0 Å². The molecule has 116 valence electrons. The molecule has 19 heavy (non-hydrogen) atoms. The summed E-state index contributed by atoms with van der Waals surface area (Å²) < 4.78 is 0. The van der Waals surface area contributed by atoms with E-state index < -0.39 is 5.79 Å². The number of nitrogens with two attached hydrogens (primary N) is 3. The third-order valence-corrected chi connectivity index (χ3v) is 3.71. The SMILES string of the molecule is CCCCCCCCCCCCCCCC(N)(N)N. The van der Waals surface area contributed by atoms with Gasteiger partial charge < -0.3 is 17.2 Å². The zero-order valence-electron chi connectivity index (χ0n) is 13.1. The van der Waals surface area contributed by atoms with Crippen molar-refractivity contribution in [3.05, 3.63) is 0 Å². The maximum Gasteiger partial charge on any atom is 0.115 e. The minimum absolute atomic E-state index is 0.727. The minimum atomic E-state index is -0.961.